The monoisotopic (exact) mass is 926 g/mol. The molecular formula is C48H50N10O10. The van der Waals surface area contributed by atoms with Gasteiger partial charge in [-0.1, -0.05) is 60.7 Å². The molecule has 2 aliphatic heterocycles. The lowest BCUT2D eigenvalue weighted by atomic mass is 10.1. The van der Waals surface area contributed by atoms with Crippen LogP contribution in [-0.4, -0.2) is 93.1 Å². The first-order valence-corrected chi connectivity index (χ1v) is 22.2. The van der Waals surface area contributed by atoms with Crippen molar-refractivity contribution in [3.05, 3.63) is 129 Å². The van der Waals surface area contributed by atoms with Gasteiger partial charge < -0.3 is 40.7 Å². The fourth-order valence-corrected chi connectivity index (χ4v) is 8.18. The number of carbonyl (C=O) groups excluding carboxylic acids is 6. The molecule has 0 aliphatic carbocycles. The summed E-state index contributed by atoms with van der Waals surface area (Å²) in [5.74, 6) is -2.02. The molecule has 68 heavy (non-hydrogen) atoms. The first-order chi connectivity index (χ1) is 32.8. The summed E-state index contributed by atoms with van der Waals surface area (Å²) in [6, 6.07) is 24.0. The minimum Gasteiger partial charge on any atom is -0.444 e. The number of hydrazine groups is 2. The highest BCUT2D eigenvalue weighted by atomic mass is 16.6. The quantitative estimate of drug-likeness (QED) is 0.0721. The number of hydrogen-bond acceptors (Lipinski definition) is 12. The molecule has 352 valence electrons. The van der Waals surface area contributed by atoms with E-state index in [1.54, 1.807) is 24.3 Å². The van der Waals surface area contributed by atoms with Crippen molar-refractivity contribution in [2.24, 2.45) is 0 Å². The standard InChI is InChI=1S/C48H50N10O10/c1-27(49-45(63)37-15-9-21-57(37)55-47(65)67-25-29-11-5-3-6-12-29)43(61)51-31-17-19-35-33(23-31)41(59)39-40(53-35)42(60)34-24-32(18-20-36(34)54-39)52-44(62)28(2)50-46(64)38-16-10-22-58(38)56-48(66)68-26-30-13-7-4-8-14-30/h3-8,11-14,17-20,23-24,27-28,37-38H,9-10,15-16,21-22,25-26H2,1-2H3,(H,49,63)(H,50,64)(H,51,61)(H,52,62)(H,53,59)(H,54,60)(H,55,65)(H,56,66)/t27-,28-,37+,38+/m1/s1. The average molecular weight is 927 g/mol. The van der Waals surface area contributed by atoms with Crippen LogP contribution in [0, 0.1) is 0 Å². The molecular weight excluding hydrogens is 877 g/mol. The zero-order valence-corrected chi connectivity index (χ0v) is 37.2. The maximum atomic E-state index is 13.9. The first-order valence-electron chi connectivity index (χ1n) is 22.2. The molecule has 0 spiro atoms. The Bertz CT molecular complexity index is 2820. The maximum Gasteiger partial charge on any atom is 0.422 e. The van der Waals surface area contributed by atoms with E-state index >= 15 is 0 Å². The molecule has 20 heteroatoms. The Hall–Kier alpha value is -8.10. The smallest absolute Gasteiger partial charge is 0.422 e. The van der Waals surface area contributed by atoms with Gasteiger partial charge in [0.2, 0.25) is 34.5 Å². The molecule has 8 N–H and O–H groups in total. The Labute approximate surface area is 388 Å². The van der Waals surface area contributed by atoms with E-state index in [1.165, 1.54) is 36.0 Å². The van der Waals surface area contributed by atoms with Crippen LogP contribution in [0.3, 0.4) is 0 Å². The molecule has 2 fully saturated rings. The number of amides is 6. The van der Waals surface area contributed by atoms with Crippen molar-refractivity contribution in [1.82, 2.24) is 41.5 Å². The molecule has 2 saturated heterocycles. The summed E-state index contributed by atoms with van der Waals surface area (Å²) >= 11 is 0. The van der Waals surface area contributed by atoms with Crippen molar-refractivity contribution in [1.29, 1.82) is 0 Å². The number of ether oxygens (including phenoxy) is 2. The van der Waals surface area contributed by atoms with Crippen molar-refractivity contribution in [2.75, 3.05) is 23.7 Å². The topological polar surface area (TPSA) is 265 Å². The third-order valence-corrected chi connectivity index (χ3v) is 11.8. The van der Waals surface area contributed by atoms with E-state index in [1.807, 2.05) is 60.7 Å². The van der Waals surface area contributed by atoms with Gasteiger partial charge in [0.25, 0.3) is 0 Å². The predicted octanol–water partition coefficient (Wildman–Crippen LogP) is 4.02. The van der Waals surface area contributed by atoms with E-state index < -0.39 is 70.8 Å². The van der Waals surface area contributed by atoms with Crippen molar-refractivity contribution >= 4 is 80.0 Å². The van der Waals surface area contributed by atoms with Crippen LogP contribution in [0.2, 0.25) is 0 Å². The van der Waals surface area contributed by atoms with E-state index in [0.29, 0.717) is 49.8 Å². The fraction of sp³-hybridized carbons (Fsp3) is 0.292. The van der Waals surface area contributed by atoms with Crippen LogP contribution in [0.25, 0.3) is 32.8 Å². The number of benzene rings is 4. The summed E-state index contributed by atoms with van der Waals surface area (Å²) in [7, 11) is 0. The number of nitrogens with one attached hydrogen (secondary N) is 8. The van der Waals surface area contributed by atoms with E-state index in [2.05, 4.69) is 42.1 Å². The summed E-state index contributed by atoms with van der Waals surface area (Å²) in [6.45, 7) is 3.99. The van der Waals surface area contributed by atoms with Gasteiger partial charge in [-0.15, -0.1) is 0 Å². The lowest BCUT2D eigenvalue weighted by Gasteiger charge is -2.25. The number of fused-ring (bicyclic) bond motifs is 3. The third-order valence-electron chi connectivity index (χ3n) is 11.8. The van der Waals surface area contributed by atoms with Crippen molar-refractivity contribution in [3.63, 3.8) is 0 Å². The molecule has 6 amide bonds. The van der Waals surface area contributed by atoms with Gasteiger partial charge in [0, 0.05) is 35.2 Å². The number of rotatable bonds is 14. The van der Waals surface area contributed by atoms with Crippen LogP contribution in [-0.2, 0) is 41.9 Å². The van der Waals surface area contributed by atoms with E-state index in [4.69, 9.17) is 9.47 Å². The number of carbonyl (C=O) groups is 6. The molecule has 0 bridgehead atoms. The van der Waals surface area contributed by atoms with Gasteiger partial charge in [0.05, 0.1) is 11.0 Å². The summed E-state index contributed by atoms with van der Waals surface area (Å²) in [6.07, 6.45) is 0.775. The number of aromatic amines is 2. The number of anilines is 2. The van der Waals surface area contributed by atoms with Gasteiger partial charge in [0.1, 0.15) is 48.4 Å². The van der Waals surface area contributed by atoms with E-state index in [-0.39, 0.29) is 46.4 Å². The molecule has 8 rings (SSSR count). The molecule has 0 unspecified atom stereocenters. The van der Waals surface area contributed by atoms with Gasteiger partial charge in [-0.05, 0) is 87.1 Å². The second-order valence-corrected chi connectivity index (χ2v) is 16.7. The molecule has 6 aromatic rings. The molecule has 20 nitrogen and oxygen atoms in total. The second-order valence-electron chi connectivity index (χ2n) is 16.7. The molecule has 4 aromatic carbocycles. The van der Waals surface area contributed by atoms with Crippen LogP contribution in [0.1, 0.15) is 50.7 Å². The Morgan fingerprint density at radius 1 is 0.588 bits per heavy atom. The summed E-state index contributed by atoms with van der Waals surface area (Å²) in [5.41, 5.74) is 7.00. The van der Waals surface area contributed by atoms with Crippen LogP contribution < -0.4 is 43.0 Å². The highest BCUT2D eigenvalue weighted by Gasteiger charge is 2.35. The highest BCUT2D eigenvalue weighted by Crippen LogP contribution is 2.22. The normalized spacial score (nSPS) is 17.0. The van der Waals surface area contributed by atoms with Crippen molar-refractivity contribution in [3.8, 4) is 0 Å². The lowest BCUT2D eigenvalue weighted by Crippen LogP contribution is -2.54. The van der Waals surface area contributed by atoms with Crippen LogP contribution in [0.15, 0.2) is 107 Å². The number of hydrogen-bond donors (Lipinski definition) is 8. The number of nitrogens with zero attached hydrogens (tertiary/aromatic N) is 2. The zero-order chi connectivity index (χ0) is 47.9. The molecule has 4 heterocycles. The SMILES string of the molecule is C[C@@H](NC(=O)[C@@H]1CCCN1NC(=O)OCc1ccccc1)C(=O)Nc1ccc2[nH]c3c(=O)c4cc(NC(=O)[C@@H](C)NC(=O)[C@@H]5CCCN5NC(=O)OCc5ccccc5)ccc4[nH]c3c(=O)c2c1. The Kier molecular flexibility index (Phi) is 14.1. The van der Waals surface area contributed by atoms with Crippen LogP contribution >= 0.6 is 0 Å². The minimum absolute atomic E-state index is 0.00851. The maximum absolute atomic E-state index is 13.9. The van der Waals surface area contributed by atoms with Crippen LogP contribution in [0.4, 0.5) is 21.0 Å². The number of pyridine rings is 2. The van der Waals surface area contributed by atoms with Gasteiger partial charge in [-0.25, -0.2) is 19.6 Å². The summed E-state index contributed by atoms with van der Waals surface area (Å²) in [4.78, 5) is 112. The van der Waals surface area contributed by atoms with Crippen molar-refractivity contribution < 1.29 is 38.2 Å². The Balaban J connectivity index is 0.868. The summed E-state index contributed by atoms with van der Waals surface area (Å²) < 4.78 is 10.6. The molecule has 2 aromatic heterocycles. The Morgan fingerprint density at radius 3 is 1.38 bits per heavy atom. The number of aromatic nitrogens is 2. The van der Waals surface area contributed by atoms with Crippen LogP contribution in [0.5, 0.6) is 0 Å². The van der Waals surface area contributed by atoms with Gasteiger partial charge in [0.15, 0.2) is 0 Å². The first kappa shape index (κ1) is 46.4. The molecule has 4 atom stereocenters. The Morgan fingerprint density at radius 2 is 0.985 bits per heavy atom. The van der Waals surface area contributed by atoms with Gasteiger partial charge >= 0.3 is 12.2 Å². The lowest BCUT2D eigenvalue weighted by molar-refractivity contribution is -0.130. The summed E-state index contributed by atoms with van der Waals surface area (Å²) in [5, 5.41) is 14.2. The van der Waals surface area contributed by atoms with E-state index in [9.17, 15) is 38.4 Å². The second kappa shape index (κ2) is 20.6. The average Bonchev–Trinajstić information content (AvgIpc) is 4.01. The predicted molar refractivity (Wildman–Crippen MR) is 252 cm³/mol. The van der Waals surface area contributed by atoms with E-state index in [0.717, 1.165) is 11.1 Å². The third kappa shape index (κ3) is 10.8. The number of H-pyrrole nitrogens is 2. The van der Waals surface area contributed by atoms with Gasteiger partial charge in [-0.2, -0.15) is 0 Å². The molecule has 2 aliphatic rings. The highest BCUT2D eigenvalue weighted by molar-refractivity contribution is 6.03. The largest absolute Gasteiger partial charge is 0.444 e. The molecule has 0 radical (unpaired) electrons. The minimum atomic E-state index is -0.991. The zero-order valence-electron chi connectivity index (χ0n) is 37.2. The van der Waals surface area contributed by atoms with Gasteiger partial charge in [-0.3, -0.25) is 39.6 Å². The van der Waals surface area contributed by atoms with Crippen molar-refractivity contribution in [2.45, 2.75) is 76.9 Å². The molecule has 0 saturated carbocycles. The fourth-order valence-electron chi connectivity index (χ4n) is 8.18.